The Kier molecular flexibility index (Phi) is 7.43. The van der Waals surface area contributed by atoms with E-state index >= 15 is 0 Å². The minimum atomic E-state index is -1.15. The molecule has 4 heterocycles. The molecule has 1 N–H and O–H groups in total. The van der Waals surface area contributed by atoms with Gasteiger partial charge in [0, 0.05) is 31.3 Å². The van der Waals surface area contributed by atoms with Crippen molar-refractivity contribution in [3.63, 3.8) is 0 Å². The quantitative estimate of drug-likeness (QED) is 0.373. The Balaban J connectivity index is 1.03. The number of aromatic nitrogens is 5. The van der Waals surface area contributed by atoms with Crippen molar-refractivity contribution in [3.8, 4) is 17.6 Å². The second kappa shape index (κ2) is 11.3. The smallest absolute Gasteiger partial charge is 0.264 e. The summed E-state index contributed by atoms with van der Waals surface area (Å²) < 4.78 is 22.1. The number of benzene rings is 1. The second-order valence-electron chi connectivity index (χ2n) is 11.1. The zero-order chi connectivity index (χ0) is 29.3. The van der Waals surface area contributed by atoms with E-state index in [4.69, 9.17) is 10.00 Å². The standard InChI is InChI=1S/C30H30FN7O4/c31-22-4-6-23(7-5-22)38-27-25(17-35-38)29(40)37(19-34-27)18-30(41)11-13-36(14-12-30)28(39)21-2-8-24(9-3-21)42-26-10-1-20(15-32)16-33-26/h1,4-7,10,16-17,19,21,24,41H,2-3,8-9,11-14,18H2/t21-,24-. The number of fused-ring (bicyclic) bond motifs is 1. The minimum absolute atomic E-state index is 0.0204. The molecule has 0 spiro atoms. The minimum Gasteiger partial charge on any atom is -0.474 e. The van der Waals surface area contributed by atoms with Crippen molar-refractivity contribution in [2.45, 2.75) is 56.8 Å². The van der Waals surface area contributed by atoms with Crippen molar-refractivity contribution in [2.24, 2.45) is 5.92 Å². The summed E-state index contributed by atoms with van der Waals surface area (Å²) in [6.45, 7) is 0.881. The van der Waals surface area contributed by atoms with Gasteiger partial charge in [-0.3, -0.25) is 14.2 Å². The average molecular weight is 572 g/mol. The van der Waals surface area contributed by atoms with Gasteiger partial charge in [-0.2, -0.15) is 10.4 Å². The van der Waals surface area contributed by atoms with E-state index in [0.717, 1.165) is 12.8 Å². The summed E-state index contributed by atoms with van der Waals surface area (Å²) in [6.07, 6.45) is 7.90. The number of nitriles is 1. The van der Waals surface area contributed by atoms with Crippen molar-refractivity contribution in [1.82, 2.24) is 29.2 Å². The Morgan fingerprint density at radius 2 is 1.81 bits per heavy atom. The van der Waals surface area contributed by atoms with Crippen LogP contribution in [-0.4, -0.2) is 65.0 Å². The molecule has 0 unspecified atom stereocenters. The topological polar surface area (TPSA) is 139 Å². The van der Waals surface area contributed by atoms with Gasteiger partial charge in [0.15, 0.2) is 5.65 Å². The number of nitrogens with zero attached hydrogens (tertiary/aromatic N) is 7. The van der Waals surface area contributed by atoms with Gasteiger partial charge >= 0.3 is 0 Å². The number of halogens is 1. The maximum atomic E-state index is 13.3. The molecule has 0 bridgehead atoms. The molecule has 0 atom stereocenters. The second-order valence-corrected chi connectivity index (χ2v) is 11.1. The fourth-order valence-electron chi connectivity index (χ4n) is 5.82. The van der Waals surface area contributed by atoms with Gasteiger partial charge in [-0.15, -0.1) is 0 Å². The van der Waals surface area contributed by atoms with Crippen LogP contribution in [-0.2, 0) is 11.3 Å². The molecule has 216 valence electrons. The number of amides is 1. The van der Waals surface area contributed by atoms with Crippen molar-refractivity contribution < 1.29 is 19.0 Å². The third-order valence-corrected chi connectivity index (χ3v) is 8.27. The van der Waals surface area contributed by atoms with Gasteiger partial charge in [0.1, 0.15) is 29.7 Å². The number of pyridine rings is 1. The first-order valence-electron chi connectivity index (χ1n) is 14.0. The van der Waals surface area contributed by atoms with Gasteiger partial charge in [-0.05, 0) is 68.9 Å². The lowest BCUT2D eigenvalue weighted by molar-refractivity contribution is -0.141. The van der Waals surface area contributed by atoms with Gasteiger partial charge < -0.3 is 14.7 Å². The monoisotopic (exact) mass is 571 g/mol. The number of rotatable bonds is 6. The first-order valence-corrected chi connectivity index (χ1v) is 14.0. The van der Waals surface area contributed by atoms with Gasteiger partial charge in [-0.25, -0.2) is 19.0 Å². The third-order valence-electron chi connectivity index (χ3n) is 8.27. The Bertz CT molecular complexity index is 1680. The molecular weight excluding hydrogens is 541 g/mol. The van der Waals surface area contributed by atoms with Crippen LogP contribution in [0, 0.1) is 23.1 Å². The highest BCUT2D eigenvalue weighted by Crippen LogP contribution is 2.31. The molecule has 11 nitrogen and oxygen atoms in total. The normalized spacial score (nSPS) is 20.3. The van der Waals surface area contributed by atoms with E-state index in [1.54, 1.807) is 24.3 Å². The molecule has 1 aliphatic carbocycles. The Morgan fingerprint density at radius 1 is 1.07 bits per heavy atom. The number of piperidine rings is 1. The summed E-state index contributed by atoms with van der Waals surface area (Å²) in [5.41, 5.74) is -0.0665. The number of carbonyl (C=O) groups excluding carboxylic acids is 1. The van der Waals surface area contributed by atoms with Crippen LogP contribution in [0.3, 0.4) is 0 Å². The lowest BCUT2D eigenvalue weighted by atomic mass is 9.85. The predicted molar refractivity (Wildman–Crippen MR) is 149 cm³/mol. The molecule has 12 heteroatoms. The molecule has 4 aromatic rings. The van der Waals surface area contributed by atoms with Gasteiger partial charge in [0.2, 0.25) is 11.8 Å². The fourth-order valence-corrected chi connectivity index (χ4v) is 5.82. The number of ether oxygens (including phenoxy) is 1. The fraction of sp³-hybridized carbons (Fsp3) is 0.400. The maximum Gasteiger partial charge on any atom is 0.264 e. The highest BCUT2D eigenvalue weighted by molar-refractivity contribution is 5.79. The van der Waals surface area contributed by atoms with Gasteiger partial charge in [0.05, 0.1) is 29.6 Å². The zero-order valence-corrected chi connectivity index (χ0v) is 22.9. The number of carbonyl (C=O) groups is 1. The molecule has 6 rings (SSSR count). The number of hydrogen-bond acceptors (Lipinski definition) is 8. The molecule has 1 saturated heterocycles. The summed E-state index contributed by atoms with van der Waals surface area (Å²) >= 11 is 0. The van der Waals surface area contributed by atoms with Crippen LogP contribution in [0.1, 0.15) is 44.1 Å². The van der Waals surface area contributed by atoms with E-state index in [-0.39, 0.29) is 35.9 Å². The summed E-state index contributed by atoms with van der Waals surface area (Å²) in [5.74, 6) is 0.119. The first-order chi connectivity index (χ1) is 20.3. The molecule has 2 fully saturated rings. The van der Waals surface area contributed by atoms with Crippen LogP contribution >= 0.6 is 0 Å². The molecular formula is C30H30FN7O4. The van der Waals surface area contributed by atoms with Gasteiger partial charge in [-0.1, -0.05) is 0 Å². The number of hydrogen-bond donors (Lipinski definition) is 1. The summed E-state index contributed by atoms with van der Waals surface area (Å²) in [5, 5.41) is 24.8. The number of aliphatic hydroxyl groups is 1. The number of likely N-dealkylation sites (tertiary alicyclic amines) is 1. The molecule has 1 amide bonds. The Labute approximate surface area is 240 Å². The predicted octanol–water partition coefficient (Wildman–Crippen LogP) is 2.98. The van der Waals surface area contributed by atoms with Crippen LogP contribution in [0.25, 0.3) is 16.7 Å². The lowest BCUT2D eigenvalue weighted by Gasteiger charge is -2.40. The van der Waals surface area contributed by atoms with Crippen molar-refractivity contribution in [1.29, 1.82) is 5.26 Å². The molecule has 1 aromatic carbocycles. The largest absolute Gasteiger partial charge is 0.474 e. The summed E-state index contributed by atoms with van der Waals surface area (Å²) in [4.78, 5) is 36.9. The molecule has 2 aliphatic rings. The maximum absolute atomic E-state index is 13.3. The van der Waals surface area contributed by atoms with Crippen molar-refractivity contribution in [3.05, 3.63) is 76.9 Å². The zero-order valence-electron chi connectivity index (χ0n) is 22.9. The molecule has 1 aliphatic heterocycles. The highest BCUT2D eigenvalue weighted by atomic mass is 19.1. The van der Waals surface area contributed by atoms with Crippen LogP contribution in [0.2, 0.25) is 0 Å². The van der Waals surface area contributed by atoms with Crippen molar-refractivity contribution in [2.75, 3.05) is 13.1 Å². The molecule has 0 radical (unpaired) electrons. The Hall–Kier alpha value is -4.63. The SMILES string of the molecule is N#Cc1ccc(O[C@H]2CC[C@H](C(=O)N3CCC(O)(Cn4cnc5c(cnn5-c5ccc(F)cc5)c4=O)CC3)CC2)nc1. The van der Waals surface area contributed by atoms with E-state index in [1.807, 2.05) is 11.0 Å². The van der Waals surface area contributed by atoms with E-state index in [2.05, 4.69) is 15.1 Å². The van der Waals surface area contributed by atoms with E-state index in [1.165, 1.54) is 40.1 Å². The van der Waals surface area contributed by atoms with E-state index in [9.17, 15) is 19.1 Å². The van der Waals surface area contributed by atoms with Crippen LogP contribution < -0.4 is 10.3 Å². The van der Waals surface area contributed by atoms with Crippen LogP contribution in [0.4, 0.5) is 4.39 Å². The Morgan fingerprint density at radius 3 is 2.48 bits per heavy atom. The lowest BCUT2D eigenvalue weighted by Crippen LogP contribution is -2.51. The molecule has 42 heavy (non-hydrogen) atoms. The van der Waals surface area contributed by atoms with E-state index in [0.29, 0.717) is 66.9 Å². The third kappa shape index (κ3) is 5.60. The average Bonchev–Trinajstić information content (AvgIpc) is 3.45. The summed E-state index contributed by atoms with van der Waals surface area (Å²) in [7, 11) is 0. The first kappa shape index (κ1) is 27.5. The van der Waals surface area contributed by atoms with E-state index < -0.39 is 5.60 Å². The van der Waals surface area contributed by atoms with Crippen LogP contribution in [0.15, 0.2) is 59.9 Å². The molecule has 1 saturated carbocycles. The van der Waals surface area contributed by atoms with Gasteiger partial charge in [0.25, 0.3) is 5.56 Å². The highest BCUT2D eigenvalue weighted by Gasteiger charge is 2.37. The van der Waals surface area contributed by atoms with Crippen molar-refractivity contribution >= 4 is 16.9 Å². The van der Waals surface area contributed by atoms with Crippen LogP contribution in [0.5, 0.6) is 5.88 Å². The molecule has 3 aromatic heterocycles. The summed E-state index contributed by atoms with van der Waals surface area (Å²) in [6, 6.07) is 11.1.